The van der Waals surface area contributed by atoms with E-state index in [9.17, 15) is 0 Å². The maximum atomic E-state index is 5.69. The third kappa shape index (κ3) is 1.91. The highest BCUT2D eigenvalue weighted by atomic mass is 35.5. The number of aryl methyl sites for hydroxylation is 1. The number of nitrogens with zero attached hydrogens (tertiary/aromatic N) is 3. The first kappa shape index (κ1) is 9.55. The first-order chi connectivity index (χ1) is 6.79. The molecule has 0 spiro atoms. The molecule has 5 heteroatoms. The molecule has 72 valence electrons. The number of aromatic nitrogens is 3. The Balaban J connectivity index is 2.34. The maximum Gasteiger partial charge on any atom is 0.143 e. The molecular formula is C9H8ClN3S. The fourth-order valence-corrected chi connectivity index (χ4v) is 1.95. The summed E-state index contributed by atoms with van der Waals surface area (Å²) in [7, 11) is 0. The molecule has 0 saturated heterocycles. The van der Waals surface area contributed by atoms with Crippen LogP contribution in [0.5, 0.6) is 0 Å². The maximum absolute atomic E-state index is 5.69. The third-order valence-corrected chi connectivity index (χ3v) is 3.15. The van der Waals surface area contributed by atoms with Gasteiger partial charge in [-0.2, -0.15) is 0 Å². The van der Waals surface area contributed by atoms with Gasteiger partial charge in [-0.25, -0.2) is 4.98 Å². The van der Waals surface area contributed by atoms with Crippen LogP contribution in [0.3, 0.4) is 0 Å². The second-order valence-corrected chi connectivity index (χ2v) is 4.19. The average Bonchev–Trinajstić information content (AvgIpc) is 2.67. The van der Waals surface area contributed by atoms with Crippen LogP contribution in [0.4, 0.5) is 0 Å². The van der Waals surface area contributed by atoms with Gasteiger partial charge in [0.05, 0.1) is 17.8 Å². The van der Waals surface area contributed by atoms with Crippen molar-refractivity contribution < 1.29 is 0 Å². The monoisotopic (exact) mass is 225 g/mol. The van der Waals surface area contributed by atoms with Crippen LogP contribution in [0.1, 0.15) is 10.6 Å². The second kappa shape index (κ2) is 4.02. The normalized spacial score (nSPS) is 10.4. The Morgan fingerprint density at radius 3 is 2.64 bits per heavy atom. The Morgan fingerprint density at radius 1 is 1.21 bits per heavy atom. The smallest absolute Gasteiger partial charge is 0.143 e. The number of rotatable bonds is 2. The van der Waals surface area contributed by atoms with Gasteiger partial charge in [-0.3, -0.25) is 9.97 Å². The summed E-state index contributed by atoms with van der Waals surface area (Å²) >= 11 is 7.23. The van der Waals surface area contributed by atoms with Gasteiger partial charge in [-0.05, 0) is 6.92 Å². The zero-order valence-corrected chi connectivity index (χ0v) is 9.14. The van der Waals surface area contributed by atoms with E-state index in [4.69, 9.17) is 11.6 Å². The quantitative estimate of drug-likeness (QED) is 0.738. The third-order valence-electron chi connectivity index (χ3n) is 1.69. The molecule has 0 aliphatic carbocycles. The van der Waals surface area contributed by atoms with E-state index in [1.807, 2.05) is 6.92 Å². The molecule has 0 aromatic carbocycles. The summed E-state index contributed by atoms with van der Waals surface area (Å²) < 4.78 is 0. The van der Waals surface area contributed by atoms with Gasteiger partial charge in [-0.1, -0.05) is 0 Å². The number of hydrogen-bond donors (Lipinski definition) is 0. The number of hydrogen-bond acceptors (Lipinski definition) is 4. The van der Waals surface area contributed by atoms with Crippen LogP contribution in [0, 0.1) is 6.92 Å². The highest BCUT2D eigenvalue weighted by Gasteiger charge is 2.05. The van der Waals surface area contributed by atoms with Gasteiger partial charge in [0.1, 0.15) is 10.7 Å². The van der Waals surface area contributed by atoms with E-state index in [0.29, 0.717) is 5.88 Å². The Labute approximate surface area is 90.8 Å². The predicted octanol–water partition coefficient (Wildman–Crippen LogP) is 2.65. The summed E-state index contributed by atoms with van der Waals surface area (Å²) in [6.45, 7) is 1.91. The standard InChI is InChI=1S/C9H8ClN3S/c1-6-3-12-8(5-11-6)9-13-4-7(2-10)14-9/h3-5H,2H2,1H3. The Hall–Kier alpha value is -1.00. The molecule has 0 bridgehead atoms. The van der Waals surface area contributed by atoms with E-state index in [-0.39, 0.29) is 0 Å². The average molecular weight is 226 g/mol. The predicted molar refractivity (Wildman–Crippen MR) is 57.4 cm³/mol. The summed E-state index contributed by atoms with van der Waals surface area (Å²) in [5.74, 6) is 0.497. The molecule has 0 N–H and O–H groups in total. The van der Waals surface area contributed by atoms with Crippen molar-refractivity contribution >= 4 is 22.9 Å². The van der Waals surface area contributed by atoms with Crippen molar-refractivity contribution in [3.63, 3.8) is 0 Å². The molecule has 0 fully saturated rings. The molecule has 0 amide bonds. The molecular weight excluding hydrogens is 218 g/mol. The number of alkyl halides is 1. The van der Waals surface area contributed by atoms with Crippen molar-refractivity contribution in [1.82, 2.24) is 15.0 Å². The fourth-order valence-electron chi connectivity index (χ4n) is 0.991. The minimum atomic E-state index is 0.497. The van der Waals surface area contributed by atoms with E-state index in [1.165, 1.54) is 0 Å². The van der Waals surface area contributed by atoms with Crippen LogP contribution in [0.2, 0.25) is 0 Å². The zero-order chi connectivity index (χ0) is 9.97. The SMILES string of the molecule is Cc1cnc(-c2ncc(CCl)s2)cn1. The topological polar surface area (TPSA) is 38.7 Å². The van der Waals surface area contributed by atoms with Gasteiger partial charge in [-0.15, -0.1) is 22.9 Å². The van der Waals surface area contributed by atoms with Gasteiger partial charge in [0.2, 0.25) is 0 Å². The van der Waals surface area contributed by atoms with Crippen LogP contribution >= 0.6 is 22.9 Å². The van der Waals surface area contributed by atoms with Gasteiger partial charge >= 0.3 is 0 Å². The van der Waals surface area contributed by atoms with Crippen molar-refractivity contribution in [2.24, 2.45) is 0 Å². The van der Waals surface area contributed by atoms with Crippen LogP contribution in [-0.4, -0.2) is 15.0 Å². The largest absolute Gasteiger partial charge is 0.258 e. The molecule has 0 aliphatic rings. The van der Waals surface area contributed by atoms with Crippen LogP contribution in [0.25, 0.3) is 10.7 Å². The lowest BCUT2D eigenvalue weighted by Gasteiger charge is -1.94. The lowest BCUT2D eigenvalue weighted by molar-refractivity contribution is 1.12. The molecule has 0 radical (unpaired) electrons. The minimum Gasteiger partial charge on any atom is -0.258 e. The van der Waals surface area contributed by atoms with Gasteiger partial charge < -0.3 is 0 Å². The summed E-state index contributed by atoms with van der Waals surface area (Å²) in [6, 6.07) is 0. The molecule has 2 heterocycles. The molecule has 0 atom stereocenters. The highest BCUT2D eigenvalue weighted by molar-refractivity contribution is 7.15. The Bertz CT molecular complexity index is 424. The zero-order valence-electron chi connectivity index (χ0n) is 7.57. The van der Waals surface area contributed by atoms with E-state index < -0.39 is 0 Å². The fraction of sp³-hybridized carbons (Fsp3) is 0.222. The summed E-state index contributed by atoms with van der Waals surface area (Å²) in [5, 5.41) is 0.869. The first-order valence-electron chi connectivity index (χ1n) is 4.09. The second-order valence-electron chi connectivity index (χ2n) is 2.81. The lowest BCUT2D eigenvalue weighted by Crippen LogP contribution is -1.86. The van der Waals surface area contributed by atoms with Crippen LogP contribution < -0.4 is 0 Å². The molecule has 0 unspecified atom stereocenters. The van der Waals surface area contributed by atoms with E-state index in [1.54, 1.807) is 29.9 Å². The molecule has 0 saturated carbocycles. The van der Waals surface area contributed by atoms with Crippen molar-refractivity contribution in [2.75, 3.05) is 0 Å². The van der Waals surface area contributed by atoms with Crippen molar-refractivity contribution in [2.45, 2.75) is 12.8 Å². The van der Waals surface area contributed by atoms with Crippen molar-refractivity contribution in [3.8, 4) is 10.7 Å². The van der Waals surface area contributed by atoms with Crippen LogP contribution in [0.15, 0.2) is 18.6 Å². The molecule has 2 rings (SSSR count). The van der Waals surface area contributed by atoms with Gasteiger partial charge in [0.25, 0.3) is 0 Å². The molecule has 14 heavy (non-hydrogen) atoms. The molecule has 2 aromatic heterocycles. The Morgan fingerprint density at radius 2 is 2.07 bits per heavy atom. The molecule has 3 nitrogen and oxygen atoms in total. The first-order valence-corrected chi connectivity index (χ1v) is 5.44. The van der Waals surface area contributed by atoms with Crippen molar-refractivity contribution in [3.05, 3.63) is 29.2 Å². The molecule has 2 aromatic rings. The highest BCUT2D eigenvalue weighted by Crippen LogP contribution is 2.23. The molecule has 0 aliphatic heterocycles. The summed E-state index contributed by atoms with van der Waals surface area (Å²) in [6.07, 6.45) is 5.23. The van der Waals surface area contributed by atoms with E-state index in [0.717, 1.165) is 21.3 Å². The van der Waals surface area contributed by atoms with Crippen molar-refractivity contribution in [1.29, 1.82) is 0 Å². The van der Waals surface area contributed by atoms with Crippen LogP contribution in [-0.2, 0) is 5.88 Å². The van der Waals surface area contributed by atoms with E-state index >= 15 is 0 Å². The summed E-state index contributed by atoms with van der Waals surface area (Å²) in [5.41, 5.74) is 1.71. The number of halogens is 1. The van der Waals surface area contributed by atoms with Gasteiger partial charge in [0.15, 0.2) is 0 Å². The Kier molecular flexibility index (Phi) is 2.74. The van der Waals surface area contributed by atoms with E-state index in [2.05, 4.69) is 15.0 Å². The van der Waals surface area contributed by atoms with Gasteiger partial charge in [0, 0.05) is 17.3 Å². The minimum absolute atomic E-state index is 0.497. The summed E-state index contributed by atoms with van der Waals surface area (Å²) in [4.78, 5) is 13.7. The number of thiazole rings is 1. The lowest BCUT2D eigenvalue weighted by atomic mass is 10.4.